The van der Waals surface area contributed by atoms with Crippen LogP contribution in [-0.2, 0) is 11.2 Å². The quantitative estimate of drug-likeness (QED) is 0.675. The van der Waals surface area contributed by atoms with Gasteiger partial charge in [-0.2, -0.15) is 0 Å². The van der Waals surface area contributed by atoms with E-state index in [1.807, 2.05) is 11.0 Å². The highest BCUT2D eigenvalue weighted by atomic mass is 16.2. The van der Waals surface area contributed by atoms with E-state index in [4.69, 9.17) is 0 Å². The summed E-state index contributed by atoms with van der Waals surface area (Å²) in [5.41, 5.74) is 6.40. The van der Waals surface area contributed by atoms with Gasteiger partial charge >= 0.3 is 0 Å². The van der Waals surface area contributed by atoms with Gasteiger partial charge in [-0.15, -0.1) is 0 Å². The molecular formula is C24H26N2O. The molecule has 0 atom stereocenters. The molecule has 0 bridgehead atoms. The molecule has 0 spiro atoms. The fourth-order valence-corrected chi connectivity index (χ4v) is 3.85. The first-order valence-electron chi connectivity index (χ1n) is 9.79. The van der Waals surface area contributed by atoms with Crippen molar-refractivity contribution in [1.82, 2.24) is 9.88 Å². The van der Waals surface area contributed by atoms with Crippen LogP contribution >= 0.6 is 0 Å². The zero-order chi connectivity index (χ0) is 18.6. The summed E-state index contributed by atoms with van der Waals surface area (Å²) in [5, 5.41) is 1.27. The molecule has 1 N–H and O–H groups in total. The second kappa shape index (κ2) is 7.83. The predicted octanol–water partition coefficient (Wildman–Crippen LogP) is 5.11. The Kier molecular flexibility index (Phi) is 5.10. The van der Waals surface area contributed by atoms with Gasteiger partial charge in [0.1, 0.15) is 0 Å². The van der Waals surface area contributed by atoms with E-state index in [9.17, 15) is 4.79 Å². The summed E-state index contributed by atoms with van der Waals surface area (Å²) in [6.07, 6.45) is 7.68. The fraction of sp³-hybridized carbons (Fsp3) is 0.292. The number of aryl methyl sites for hydroxylation is 2. The van der Waals surface area contributed by atoms with Gasteiger partial charge in [-0.1, -0.05) is 54.1 Å². The molecule has 0 saturated carbocycles. The predicted molar refractivity (Wildman–Crippen MR) is 112 cm³/mol. The summed E-state index contributed by atoms with van der Waals surface area (Å²) in [6, 6.07) is 17.0. The van der Waals surface area contributed by atoms with Crippen LogP contribution in [0.4, 0.5) is 0 Å². The van der Waals surface area contributed by atoms with Crippen molar-refractivity contribution in [3.05, 3.63) is 77.5 Å². The molecule has 2 aromatic carbocycles. The summed E-state index contributed by atoms with van der Waals surface area (Å²) in [4.78, 5) is 17.9. The van der Waals surface area contributed by atoms with Crippen LogP contribution in [0.1, 0.15) is 36.0 Å². The Balaban J connectivity index is 1.30. The summed E-state index contributed by atoms with van der Waals surface area (Å²) < 4.78 is 0. The Morgan fingerprint density at radius 3 is 2.70 bits per heavy atom. The number of amides is 1. The maximum atomic E-state index is 12.6. The molecule has 0 unspecified atom stereocenters. The zero-order valence-corrected chi connectivity index (χ0v) is 15.9. The largest absolute Gasteiger partial charge is 0.361 e. The molecule has 3 heteroatoms. The van der Waals surface area contributed by atoms with Crippen molar-refractivity contribution in [2.24, 2.45) is 0 Å². The molecule has 1 aliphatic rings. The number of hydrogen-bond donors (Lipinski definition) is 1. The Morgan fingerprint density at radius 2 is 1.93 bits per heavy atom. The number of benzene rings is 2. The van der Waals surface area contributed by atoms with E-state index in [0.717, 1.165) is 32.4 Å². The number of H-pyrrole nitrogens is 1. The number of nitrogens with zero attached hydrogens (tertiary/aromatic N) is 1. The highest BCUT2D eigenvalue weighted by molar-refractivity contribution is 5.83. The molecule has 27 heavy (non-hydrogen) atoms. The lowest BCUT2D eigenvalue weighted by Crippen LogP contribution is -2.34. The molecule has 3 aromatic rings. The van der Waals surface area contributed by atoms with Crippen molar-refractivity contribution in [3.63, 3.8) is 0 Å². The van der Waals surface area contributed by atoms with E-state index < -0.39 is 0 Å². The Bertz CT molecular complexity index is 965. The molecule has 1 aliphatic heterocycles. The standard InChI is InChI=1S/C24H26N2O/c1-18-9-11-19(12-10-18)20-13-15-26(16-14-20)24(27)8-4-5-21-17-25-23-7-3-2-6-22(21)23/h2-3,6-7,9-13,17,25H,4-5,8,14-16H2,1H3. The second-order valence-electron chi connectivity index (χ2n) is 7.40. The van der Waals surface area contributed by atoms with E-state index in [2.05, 4.69) is 66.6 Å². The lowest BCUT2D eigenvalue weighted by molar-refractivity contribution is -0.130. The van der Waals surface area contributed by atoms with Gasteiger partial charge < -0.3 is 9.88 Å². The van der Waals surface area contributed by atoms with Crippen molar-refractivity contribution in [2.75, 3.05) is 13.1 Å². The molecule has 0 saturated heterocycles. The third kappa shape index (κ3) is 3.97. The van der Waals surface area contributed by atoms with Crippen LogP contribution in [0.15, 0.2) is 60.8 Å². The van der Waals surface area contributed by atoms with Gasteiger partial charge in [0, 0.05) is 36.6 Å². The lowest BCUT2D eigenvalue weighted by Gasteiger charge is -2.27. The first-order chi connectivity index (χ1) is 13.2. The van der Waals surface area contributed by atoms with Crippen molar-refractivity contribution in [1.29, 1.82) is 0 Å². The fourth-order valence-electron chi connectivity index (χ4n) is 3.85. The first kappa shape index (κ1) is 17.6. The molecule has 1 aromatic heterocycles. The van der Waals surface area contributed by atoms with E-state index in [-0.39, 0.29) is 5.91 Å². The van der Waals surface area contributed by atoms with Crippen LogP contribution in [0, 0.1) is 6.92 Å². The van der Waals surface area contributed by atoms with Crippen molar-refractivity contribution >= 4 is 22.4 Å². The van der Waals surface area contributed by atoms with Gasteiger partial charge in [-0.25, -0.2) is 0 Å². The number of para-hydroxylation sites is 1. The van der Waals surface area contributed by atoms with Gasteiger partial charge in [0.2, 0.25) is 5.91 Å². The van der Waals surface area contributed by atoms with Crippen LogP contribution < -0.4 is 0 Å². The Labute approximate surface area is 160 Å². The molecule has 3 nitrogen and oxygen atoms in total. The lowest BCUT2D eigenvalue weighted by atomic mass is 9.98. The van der Waals surface area contributed by atoms with E-state index in [0.29, 0.717) is 6.42 Å². The van der Waals surface area contributed by atoms with Crippen LogP contribution in [0.3, 0.4) is 0 Å². The summed E-state index contributed by atoms with van der Waals surface area (Å²) in [7, 11) is 0. The highest BCUT2D eigenvalue weighted by Gasteiger charge is 2.17. The third-order valence-electron chi connectivity index (χ3n) is 5.50. The van der Waals surface area contributed by atoms with Crippen LogP contribution in [0.2, 0.25) is 0 Å². The number of carbonyl (C=O) groups is 1. The smallest absolute Gasteiger partial charge is 0.222 e. The maximum Gasteiger partial charge on any atom is 0.222 e. The minimum Gasteiger partial charge on any atom is -0.361 e. The number of aromatic nitrogens is 1. The summed E-state index contributed by atoms with van der Waals surface area (Å²) >= 11 is 0. The topological polar surface area (TPSA) is 36.1 Å². The normalized spacial score (nSPS) is 14.4. The average Bonchev–Trinajstić information content (AvgIpc) is 3.12. The third-order valence-corrected chi connectivity index (χ3v) is 5.50. The number of carbonyl (C=O) groups excluding carboxylic acids is 1. The highest BCUT2D eigenvalue weighted by Crippen LogP contribution is 2.24. The molecule has 4 rings (SSSR count). The monoisotopic (exact) mass is 358 g/mol. The number of fused-ring (bicyclic) bond motifs is 1. The Morgan fingerprint density at radius 1 is 1.11 bits per heavy atom. The molecule has 0 radical (unpaired) electrons. The summed E-state index contributed by atoms with van der Waals surface area (Å²) in [6.45, 7) is 3.66. The Hall–Kier alpha value is -2.81. The molecule has 1 amide bonds. The van der Waals surface area contributed by atoms with Gasteiger partial charge in [0.05, 0.1) is 0 Å². The van der Waals surface area contributed by atoms with Crippen LogP contribution in [0.25, 0.3) is 16.5 Å². The maximum absolute atomic E-state index is 12.6. The van der Waals surface area contributed by atoms with Crippen LogP contribution in [-0.4, -0.2) is 28.9 Å². The summed E-state index contributed by atoms with van der Waals surface area (Å²) in [5.74, 6) is 0.272. The molecule has 0 fully saturated rings. The number of aromatic amines is 1. The number of nitrogens with one attached hydrogen (secondary N) is 1. The van der Waals surface area contributed by atoms with Gasteiger partial charge in [0.15, 0.2) is 0 Å². The van der Waals surface area contributed by atoms with E-state index >= 15 is 0 Å². The van der Waals surface area contributed by atoms with Crippen molar-refractivity contribution in [2.45, 2.75) is 32.6 Å². The average molecular weight is 358 g/mol. The van der Waals surface area contributed by atoms with Gasteiger partial charge in [-0.3, -0.25) is 4.79 Å². The van der Waals surface area contributed by atoms with Crippen molar-refractivity contribution in [3.8, 4) is 0 Å². The first-order valence-corrected chi connectivity index (χ1v) is 9.79. The van der Waals surface area contributed by atoms with E-state index in [1.54, 1.807) is 0 Å². The zero-order valence-electron chi connectivity index (χ0n) is 15.9. The number of rotatable bonds is 5. The van der Waals surface area contributed by atoms with Crippen molar-refractivity contribution < 1.29 is 4.79 Å². The van der Waals surface area contributed by atoms with E-state index in [1.165, 1.54) is 33.2 Å². The molecule has 2 heterocycles. The molecular weight excluding hydrogens is 332 g/mol. The number of hydrogen-bond acceptors (Lipinski definition) is 1. The SMILES string of the molecule is Cc1ccc(C2=CCN(C(=O)CCCc3c[nH]c4ccccc34)CC2)cc1. The molecule has 0 aliphatic carbocycles. The minimum atomic E-state index is 0.272. The molecule has 138 valence electrons. The van der Waals surface area contributed by atoms with Gasteiger partial charge in [0.25, 0.3) is 0 Å². The minimum absolute atomic E-state index is 0.272. The van der Waals surface area contributed by atoms with Gasteiger partial charge in [-0.05, 0) is 49.0 Å². The van der Waals surface area contributed by atoms with Crippen LogP contribution in [0.5, 0.6) is 0 Å². The second-order valence-corrected chi connectivity index (χ2v) is 7.40.